The quantitative estimate of drug-likeness (QED) is 0.422. The van der Waals surface area contributed by atoms with Gasteiger partial charge in [-0.05, 0) is 37.5 Å². The standard InChI is InChI=1S/C22H23N5O4S/c1-32(30,31)12-4-11-25-17-6-3-2-5-16(17)21(28)24-20(25)14-26-19-13-23-10-9-18(19)27(22(26)29)15-7-8-15/h2-3,5-6,9-10,13,15H,4,7-8,11-12,14H2,1H3. The molecule has 1 saturated carbocycles. The topological polar surface area (TPSA) is 109 Å². The van der Waals surface area contributed by atoms with Crippen molar-refractivity contribution in [3.8, 4) is 0 Å². The Morgan fingerprint density at radius 3 is 2.56 bits per heavy atom. The maximum absolute atomic E-state index is 13.3. The van der Waals surface area contributed by atoms with Gasteiger partial charge in [-0.25, -0.2) is 13.2 Å². The second kappa shape index (κ2) is 7.70. The molecule has 0 radical (unpaired) electrons. The molecule has 166 valence electrons. The summed E-state index contributed by atoms with van der Waals surface area (Å²) in [6, 6.07) is 9.14. The van der Waals surface area contributed by atoms with E-state index in [1.54, 1.807) is 33.7 Å². The van der Waals surface area contributed by atoms with E-state index in [1.807, 2.05) is 22.8 Å². The second-order valence-electron chi connectivity index (χ2n) is 8.32. The summed E-state index contributed by atoms with van der Waals surface area (Å²) in [5.74, 6) is 0.445. The number of nitrogens with zero attached hydrogens (tertiary/aromatic N) is 5. The summed E-state index contributed by atoms with van der Waals surface area (Å²) in [5.41, 5.74) is 1.66. The molecule has 0 saturated heterocycles. The Kier molecular flexibility index (Phi) is 4.96. The van der Waals surface area contributed by atoms with Crippen LogP contribution in [0.5, 0.6) is 0 Å². The van der Waals surface area contributed by atoms with Crippen molar-refractivity contribution in [2.45, 2.75) is 38.4 Å². The van der Waals surface area contributed by atoms with Gasteiger partial charge in [0.2, 0.25) is 0 Å². The average Bonchev–Trinajstić information content (AvgIpc) is 3.55. The molecule has 1 aliphatic carbocycles. The molecule has 1 aromatic carbocycles. The van der Waals surface area contributed by atoms with Gasteiger partial charge in [-0.2, -0.15) is 4.98 Å². The van der Waals surface area contributed by atoms with Crippen LogP contribution in [0, 0.1) is 0 Å². The zero-order valence-electron chi connectivity index (χ0n) is 17.6. The molecule has 32 heavy (non-hydrogen) atoms. The molecule has 1 fully saturated rings. The van der Waals surface area contributed by atoms with E-state index in [-0.39, 0.29) is 29.6 Å². The normalized spacial score (nSPS) is 14.4. The van der Waals surface area contributed by atoms with E-state index in [2.05, 4.69) is 9.97 Å². The third-order valence-electron chi connectivity index (χ3n) is 5.84. The molecule has 0 N–H and O–H groups in total. The van der Waals surface area contributed by atoms with Gasteiger partial charge in [-0.3, -0.25) is 18.9 Å². The van der Waals surface area contributed by atoms with Crippen molar-refractivity contribution in [1.29, 1.82) is 0 Å². The van der Waals surface area contributed by atoms with Crippen molar-refractivity contribution in [3.63, 3.8) is 0 Å². The number of rotatable bonds is 7. The number of aryl methyl sites for hydroxylation is 1. The number of fused-ring (bicyclic) bond motifs is 2. The minimum absolute atomic E-state index is 0.0255. The van der Waals surface area contributed by atoms with Crippen LogP contribution in [0.2, 0.25) is 0 Å². The van der Waals surface area contributed by atoms with Gasteiger partial charge < -0.3 is 4.57 Å². The molecule has 10 heteroatoms. The highest BCUT2D eigenvalue weighted by molar-refractivity contribution is 7.90. The molecule has 0 bridgehead atoms. The van der Waals surface area contributed by atoms with E-state index < -0.39 is 9.84 Å². The molecule has 5 rings (SSSR count). The summed E-state index contributed by atoms with van der Waals surface area (Å²) in [4.78, 5) is 34.5. The third-order valence-corrected chi connectivity index (χ3v) is 6.87. The third kappa shape index (κ3) is 3.75. The van der Waals surface area contributed by atoms with Crippen molar-refractivity contribution >= 4 is 31.8 Å². The highest BCUT2D eigenvalue weighted by atomic mass is 32.2. The van der Waals surface area contributed by atoms with Crippen LogP contribution in [0.25, 0.3) is 21.9 Å². The van der Waals surface area contributed by atoms with Crippen LogP contribution in [-0.2, 0) is 22.9 Å². The molecule has 0 unspecified atom stereocenters. The SMILES string of the molecule is CS(=O)(=O)CCCn1c(Cn2c(=O)n(C3CC3)c3ccncc32)nc(=O)c2ccccc21. The summed E-state index contributed by atoms with van der Waals surface area (Å²) in [5, 5.41) is 0.463. The van der Waals surface area contributed by atoms with Crippen molar-refractivity contribution < 1.29 is 8.42 Å². The van der Waals surface area contributed by atoms with Crippen LogP contribution >= 0.6 is 0 Å². The first kappa shape index (κ1) is 20.6. The first-order valence-corrected chi connectivity index (χ1v) is 12.6. The summed E-state index contributed by atoms with van der Waals surface area (Å²) >= 11 is 0. The number of imidazole rings is 1. The fourth-order valence-corrected chi connectivity index (χ4v) is 4.88. The monoisotopic (exact) mass is 453 g/mol. The predicted molar refractivity (Wildman–Crippen MR) is 122 cm³/mol. The summed E-state index contributed by atoms with van der Waals surface area (Å²) in [6.07, 6.45) is 6.83. The lowest BCUT2D eigenvalue weighted by Gasteiger charge is -2.16. The van der Waals surface area contributed by atoms with Crippen molar-refractivity contribution in [2.24, 2.45) is 0 Å². The molecule has 4 aromatic rings. The maximum atomic E-state index is 13.3. The number of sulfone groups is 1. The first-order valence-electron chi connectivity index (χ1n) is 10.5. The highest BCUT2D eigenvalue weighted by Crippen LogP contribution is 2.36. The molecule has 1 aliphatic rings. The first-order chi connectivity index (χ1) is 15.3. The number of hydrogen-bond donors (Lipinski definition) is 0. The van der Waals surface area contributed by atoms with Crippen LogP contribution in [0.1, 0.15) is 31.1 Å². The lowest BCUT2D eigenvalue weighted by atomic mass is 10.2. The van der Waals surface area contributed by atoms with Gasteiger partial charge in [0.15, 0.2) is 0 Å². The van der Waals surface area contributed by atoms with E-state index in [0.29, 0.717) is 35.2 Å². The van der Waals surface area contributed by atoms with Gasteiger partial charge in [0.05, 0.1) is 40.4 Å². The molecule has 3 aromatic heterocycles. The molecule has 0 aliphatic heterocycles. The van der Waals surface area contributed by atoms with Gasteiger partial charge in [0.25, 0.3) is 5.56 Å². The Morgan fingerprint density at radius 1 is 1.03 bits per heavy atom. The minimum atomic E-state index is -3.12. The van der Waals surface area contributed by atoms with Gasteiger partial charge in [-0.1, -0.05) is 12.1 Å². The fraction of sp³-hybridized carbons (Fsp3) is 0.364. The molecule has 9 nitrogen and oxygen atoms in total. The summed E-state index contributed by atoms with van der Waals surface area (Å²) in [6.45, 7) is 0.462. The largest absolute Gasteiger partial charge is 0.329 e. The smallest absolute Gasteiger partial charge is 0.327 e. The Hall–Kier alpha value is -3.27. The van der Waals surface area contributed by atoms with E-state index in [4.69, 9.17) is 0 Å². The molecule has 0 amide bonds. The minimum Gasteiger partial charge on any atom is -0.327 e. The van der Waals surface area contributed by atoms with E-state index in [0.717, 1.165) is 18.4 Å². The Labute approximate surface area is 183 Å². The number of benzene rings is 1. The summed E-state index contributed by atoms with van der Waals surface area (Å²) < 4.78 is 28.5. The van der Waals surface area contributed by atoms with Crippen molar-refractivity contribution in [2.75, 3.05) is 12.0 Å². The molecular weight excluding hydrogens is 430 g/mol. The predicted octanol–water partition coefficient (Wildman–Crippen LogP) is 1.73. The van der Waals surface area contributed by atoms with Crippen LogP contribution in [0.3, 0.4) is 0 Å². The van der Waals surface area contributed by atoms with Crippen LogP contribution < -0.4 is 11.2 Å². The van der Waals surface area contributed by atoms with E-state index in [9.17, 15) is 18.0 Å². The van der Waals surface area contributed by atoms with Gasteiger partial charge in [0.1, 0.15) is 15.7 Å². The van der Waals surface area contributed by atoms with E-state index >= 15 is 0 Å². The number of pyridine rings is 1. The fourth-order valence-electron chi connectivity index (χ4n) is 4.23. The molecular formula is C22H23N5O4S. The molecule has 0 atom stereocenters. The zero-order valence-corrected chi connectivity index (χ0v) is 18.5. The highest BCUT2D eigenvalue weighted by Gasteiger charge is 2.29. The van der Waals surface area contributed by atoms with Crippen molar-refractivity contribution in [1.82, 2.24) is 23.7 Å². The number of aromatic nitrogens is 5. The average molecular weight is 454 g/mol. The lowest BCUT2D eigenvalue weighted by molar-refractivity contribution is 0.577. The molecule has 3 heterocycles. The van der Waals surface area contributed by atoms with Crippen LogP contribution in [0.4, 0.5) is 0 Å². The van der Waals surface area contributed by atoms with Gasteiger partial charge >= 0.3 is 5.69 Å². The Bertz CT molecular complexity index is 1560. The van der Waals surface area contributed by atoms with Gasteiger partial charge in [0, 0.05) is 25.0 Å². The number of hydrogen-bond acceptors (Lipinski definition) is 6. The zero-order chi connectivity index (χ0) is 22.5. The Balaban J connectivity index is 1.65. The summed E-state index contributed by atoms with van der Waals surface area (Å²) in [7, 11) is -3.12. The van der Waals surface area contributed by atoms with Gasteiger partial charge in [-0.15, -0.1) is 0 Å². The number of para-hydroxylation sites is 1. The lowest BCUT2D eigenvalue weighted by Crippen LogP contribution is -2.28. The van der Waals surface area contributed by atoms with Crippen molar-refractivity contribution in [3.05, 3.63) is 69.4 Å². The van der Waals surface area contributed by atoms with Crippen LogP contribution in [-0.4, -0.2) is 44.1 Å². The second-order valence-corrected chi connectivity index (χ2v) is 10.6. The van der Waals surface area contributed by atoms with Crippen LogP contribution in [0.15, 0.2) is 52.3 Å². The maximum Gasteiger partial charge on any atom is 0.329 e. The van der Waals surface area contributed by atoms with E-state index in [1.165, 1.54) is 6.26 Å². The Morgan fingerprint density at radius 2 is 1.81 bits per heavy atom. The molecule has 0 spiro atoms.